The number of rotatable bonds is 6. The molecule has 3 nitrogen and oxygen atoms in total. The van der Waals surface area contributed by atoms with Gasteiger partial charge in [-0.1, -0.05) is 24.3 Å². The van der Waals surface area contributed by atoms with Crippen molar-refractivity contribution in [2.24, 2.45) is 0 Å². The summed E-state index contributed by atoms with van der Waals surface area (Å²) in [5, 5.41) is 3.79. The van der Waals surface area contributed by atoms with E-state index >= 15 is 0 Å². The van der Waals surface area contributed by atoms with Gasteiger partial charge in [0.05, 0.1) is 6.61 Å². The average Bonchev–Trinajstić information content (AvgIpc) is 3.07. The second-order valence-corrected chi connectivity index (χ2v) is 5.93. The summed E-state index contributed by atoms with van der Waals surface area (Å²) in [5.74, 6) is 0. The van der Waals surface area contributed by atoms with E-state index in [2.05, 4.69) is 34.5 Å². The van der Waals surface area contributed by atoms with E-state index in [0.717, 1.165) is 25.8 Å². The maximum absolute atomic E-state index is 5.57. The van der Waals surface area contributed by atoms with E-state index in [0.29, 0.717) is 6.04 Å². The Morgan fingerprint density at radius 2 is 2.05 bits per heavy atom. The Kier molecular flexibility index (Phi) is 4.71. The van der Waals surface area contributed by atoms with Gasteiger partial charge < -0.3 is 10.1 Å². The summed E-state index contributed by atoms with van der Waals surface area (Å²) in [7, 11) is 0. The van der Waals surface area contributed by atoms with Crippen molar-refractivity contribution < 1.29 is 4.74 Å². The van der Waals surface area contributed by atoms with E-state index < -0.39 is 0 Å². The van der Waals surface area contributed by atoms with Gasteiger partial charge in [0.1, 0.15) is 0 Å². The van der Waals surface area contributed by atoms with Crippen LogP contribution in [0.15, 0.2) is 24.3 Å². The minimum absolute atomic E-state index is 0.678. The van der Waals surface area contributed by atoms with E-state index in [-0.39, 0.29) is 0 Å². The Morgan fingerprint density at radius 1 is 1.20 bits per heavy atom. The highest BCUT2D eigenvalue weighted by Gasteiger charge is 2.36. The molecule has 2 fully saturated rings. The first-order valence-corrected chi connectivity index (χ1v) is 8.00. The van der Waals surface area contributed by atoms with Gasteiger partial charge in [-0.15, -0.1) is 0 Å². The van der Waals surface area contributed by atoms with Crippen LogP contribution in [-0.4, -0.2) is 36.7 Å². The highest BCUT2D eigenvalue weighted by atomic mass is 16.5. The first kappa shape index (κ1) is 14.1. The van der Waals surface area contributed by atoms with Crippen molar-refractivity contribution in [3.63, 3.8) is 0 Å². The number of hydrogen-bond donors (Lipinski definition) is 1. The van der Waals surface area contributed by atoms with Gasteiger partial charge in [0.25, 0.3) is 0 Å². The van der Waals surface area contributed by atoms with Crippen LogP contribution in [-0.2, 0) is 17.9 Å². The molecule has 2 saturated heterocycles. The Morgan fingerprint density at radius 3 is 2.90 bits per heavy atom. The molecule has 0 spiro atoms. The van der Waals surface area contributed by atoms with Gasteiger partial charge in [-0.2, -0.15) is 0 Å². The van der Waals surface area contributed by atoms with Crippen molar-refractivity contribution in [3.8, 4) is 0 Å². The third kappa shape index (κ3) is 3.05. The number of fused-ring (bicyclic) bond motifs is 1. The fourth-order valence-corrected chi connectivity index (χ4v) is 3.64. The fraction of sp³-hybridized carbons (Fsp3) is 0.647. The van der Waals surface area contributed by atoms with Crippen LogP contribution in [0.2, 0.25) is 0 Å². The predicted molar refractivity (Wildman–Crippen MR) is 81.6 cm³/mol. The van der Waals surface area contributed by atoms with Crippen LogP contribution in [0, 0.1) is 0 Å². The van der Waals surface area contributed by atoms with Gasteiger partial charge in [-0.05, 0) is 43.9 Å². The smallest absolute Gasteiger partial charge is 0.0719 e. The lowest BCUT2D eigenvalue weighted by molar-refractivity contribution is 0.133. The average molecular weight is 274 g/mol. The van der Waals surface area contributed by atoms with Gasteiger partial charge in [0, 0.05) is 31.8 Å². The molecular weight excluding hydrogens is 248 g/mol. The van der Waals surface area contributed by atoms with Gasteiger partial charge in [0.2, 0.25) is 0 Å². The molecule has 1 aromatic rings. The Labute approximate surface area is 122 Å². The monoisotopic (exact) mass is 274 g/mol. The first-order chi connectivity index (χ1) is 9.88. The molecule has 20 heavy (non-hydrogen) atoms. The summed E-state index contributed by atoms with van der Waals surface area (Å²) in [6, 6.07) is 10.1. The van der Waals surface area contributed by atoms with Crippen molar-refractivity contribution in [1.29, 1.82) is 0 Å². The van der Waals surface area contributed by atoms with Gasteiger partial charge in [-0.3, -0.25) is 4.90 Å². The van der Waals surface area contributed by atoms with Crippen LogP contribution in [0.5, 0.6) is 0 Å². The summed E-state index contributed by atoms with van der Waals surface area (Å²) in [4.78, 5) is 2.66. The van der Waals surface area contributed by atoms with Gasteiger partial charge in [-0.25, -0.2) is 0 Å². The summed E-state index contributed by atoms with van der Waals surface area (Å²) >= 11 is 0. The van der Waals surface area contributed by atoms with E-state index in [1.54, 1.807) is 0 Å². The molecular formula is C17H26N2O. The quantitative estimate of drug-likeness (QED) is 0.863. The van der Waals surface area contributed by atoms with Crippen LogP contribution in [0.4, 0.5) is 0 Å². The number of hydrogen-bond acceptors (Lipinski definition) is 3. The molecule has 2 heterocycles. The van der Waals surface area contributed by atoms with E-state index in [1.165, 1.54) is 43.5 Å². The molecule has 2 aliphatic rings. The van der Waals surface area contributed by atoms with Crippen molar-refractivity contribution in [2.75, 3.05) is 19.7 Å². The molecule has 110 valence electrons. The normalized spacial score (nSPS) is 26.1. The van der Waals surface area contributed by atoms with E-state index in [1.807, 2.05) is 6.92 Å². The van der Waals surface area contributed by atoms with Crippen molar-refractivity contribution in [1.82, 2.24) is 10.2 Å². The summed E-state index contributed by atoms with van der Waals surface area (Å²) in [5.41, 5.74) is 2.71. The minimum Gasteiger partial charge on any atom is -0.377 e. The molecule has 0 aliphatic carbocycles. The van der Waals surface area contributed by atoms with Crippen LogP contribution in [0.1, 0.15) is 37.3 Å². The Balaban J connectivity index is 1.58. The van der Waals surface area contributed by atoms with E-state index in [4.69, 9.17) is 4.74 Å². The van der Waals surface area contributed by atoms with Crippen molar-refractivity contribution >= 4 is 0 Å². The zero-order valence-corrected chi connectivity index (χ0v) is 12.5. The number of benzene rings is 1. The van der Waals surface area contributed by atoms with Gasteiger partial charge in [0.15, 0.2) is 0 Å². The molecule has 2 aliphatic heterocycles. The highest BCUT2D eigenvalue weighted by Crippen LogP contribution is 2.28. The molecule has 3 rings (SSSR count). The SMILES string of the molecule is CCOCc1ccccc1CNC1CCN2CCCC12. The third-order valence-electron chi connectivity index (χ3n) is 4.74. The number of nitrogens with zero attached hydrogens (tertiary/aromatic N) is 1. The van der Waals surface area contributed by atoms with Crippen LogP contribution in [0.3, 0.4) is 0 Å². The second kappa shape index (κ2) is 6.70. The summed E-state index contributed by atoms with van der Waals surface area (Å²) in [6.07, 6.45) is 4.06. The molecule has 0 aromatic heterocycles. The maximum Gasteiger partial charge on any atom is 0.0719 e. The van der Waals surface area contributed by atoms with Crippen molar-refractivity contribution in [2.45, 2.75) is 51.4 Å². The molecule has 3 heteroatoms. The second-order valence-electron chi connectivity index (χ2n) is 5.93. The molecule has 0 amide bonds. The molecule has 0 bridgehead atoms. The topological polar surface area (TPSA) is 24.5 Å². The molecule has 2 atom stereocenters. The lowest BCUT2D eigenvalue weighted by Gasteiger charge is -2.22. The highest BCUT2D eigenvalue weighted by molar-refractivity contribution is 5.26. The lowest BCUT2D eigenvalue weighted by Crippen LogP contribution is -2.38. The molecule has 0 saturated carbocycles. The number of nitrogens with one attached hydrogen (secondary N) is 1. The molecule has 2 unspecified atom stereocenters. The zero-order valence-electron chi connectivity index (χ0n) is 12.5. The largest absolute Gasteiger partial charge is 0.377 e. The van der Waals surface area contributed by atoms with Crippen molar-refractivity contribution in [3.05, 3.63) is 35.4 Å². The third-order valence-corrected chi connectivity index (χ3v) is 4.74. The Hall–Kier alpha value is -0.900. The maximum atomic E-state index is 5.57. The van der Waals surface area contributed by atoms with Crippen LogP contribution in [0.25, 0.3) is 0 Å². The molecule has 1 N–H and O–H groups in total. The van der Waals surface area contributed by atoms with E-state index in [9.17, 15) is 0 Å². The standard InChI is InChI=1S/C17H26N2O/c1-2-20-13-15-7-4-3-6-14(15)12-18-16-9-11-19-10-5-8-17(16)19/h3-4,6-7,16-18H,2,5,8-13H2,1H3. The summed E-state index contributed by atoms with van der Waals surface area (Å²) in [6.45, 7) is 7.12. The lowest BCUT2D eigenvalue weighted by atomic mass is 10.0. The summed E-state index contributed by atoms with van der Waals surface area (Å²) < 4.78 is 5.57. The molecule has 0 radical (unpaired) electrons. The molecule has 1 aromatic carbocycles. The van der Waals surface area contributed by atoms with Crippen LogP contribution >= 0.6 is 0 Å². The van der Waals surface area contributed by atoms with Crippen LogP contribution < -0.4 is 5.32 Å². The fourth-order valence-electron chi connectivity index (χ4n) is 3.64. The number of ether oxygens (including phenoxy) is 1. The Bertz CT molecular complexity index is 435. The van der Waals surface area contributed by atoms with Gasteiger partial charge >= 0.3 is 0 Å². The minimum atomic E-state index is 0.678. The predicted octanol–water partition coefficient (Wildman–Crippen LogP) is 2.55. The zero-order chi connectivity index (χ0) is 13.8. The first-order valence-electron chi connectivity index (χ1n) is 8.00.